The highest BCUT2D eigenvalue weighted by atomic mass is 16.6. The van der Waals surface area contributed by atoms with Gasteiger partial charge in [-0.15, -0.1) is 0 Å². The SMILES string of the molecule is CCc1c(-c2ccc(OCCOCCOCCOCCOCCC(=O)O)cc2)cnc(N(C(=O)OC(C)(C)C)C(OC(C)(C)C)=C2CCC2)c1-c1ccc(OCO)cc1. The summed E-state index contributed by atoms with van der Waals surface area (Å²) in [5, 5.41) is 18.0. The van der Waals surface area contributed by atoms with E-state index in [4.69, 9.17) is 48.0 Å². The van der Waals surface area contributed by atoms with Crippen molar-refractivity contribution in [2.24, 2.45) is 0 Å². The van der Waals surface area contributed by atoms with Gasteiger partial charge in [0.1, 0.15) is 29.3 Å². The van der Waals surface area contributed by atoms with E-state index < -0.39 is 30.1 Å². The lowest BCUT2D eigenvalue weighted by atomic mass is 9.90. The smallest absolute Gasteiger partial charge is 0.423 e. The third kappa shape index (κ3) is 15.4. The number of pyridine rings is 1. The molecule has 0 saturated heterocycles. The van der Waals surface area contributed by atoms with Gasteiger partial charge < -0.3 is 48.1 Å². The lowest BCUT2D eigenvalue weighted by molar-refractivity contribution is -0.138. The minimum Gasteiger partial charge on any atom is -0.491 e. The van der Waals surface area contributed by atoms with Crippen LogP contribution in [-0.2, 0) is 39.6 Å². The average Bonchev–Trinajstić information content (AvgIpc) is 3.15. The molecule has 3 aromatic rings. The molecule has 0 unspecified atom stereocenters. The number of aliphatic hydroxyl groups is 1. The Kier molecular flexibility index (Phi) is 18.4. The lowest BCUT2D eigenvalue weighted by Gasteiger charge is -2.36. The van der Waals surface area contributed by atoms with Crippen molar-refractivity contribution >= 4 is 17.9 Å². The average molecular weight is 823 g/mol. The molecule has 2 N–H and O–H groups in total. The summed E-state index contributed by atoms with van der Waals surface area (Å²) >= 11 is 0. The summed E-state index contributed by atoms with van der Waals surface area (Å²) in [5.41, 5.74) is 3.96. The van der Waals surface area contributed by atoms with Crippen LogP contribution in [0.4, 0.5) is 10.6 Å². The molecule has 1 aliphatic rings. The number of carbonyl (C=O) groups excluding carboxylic acids is 1. The summed E-state index contributed by atoms with van der Waals surface area (Å²) in [4.78, 5) is 31.4. The monoisotopic (exact) mass is 822 g/mol. The first-order valence-electron chi connectivity index (χ1n) is 20.3. The third-order valence-electron chi connectivity index (χ3n) is 8.79. The molecule has 59 heavy (non-hydrogen) atoms. The number of aliphatic hydroxyl groups excluding tert-OH is 1. The number of hydrogen-bond acceptors (Lipinski definition) is 12. The van der Waals surface area contributed by atoms with Crippen LogP contribution in [0, 0.1) is 0 Å². The predicted octanol–water partition coefficient (Wildman–Crippen LogP) is 8.18. The van der Waals surface area contributed by atoms with Gasteiger partial charge in [0.2, 0.25) is 5.88 Å². The molecule has 0 aliphatic heterocycles. The summed E-state index contributed by atoms with van der Waals surface area (Å²) in [6, 6.07) is 15.2. The van der Waals surface area contributed by atoms with Gasteiger partial charge in [0.05, 0.1) is 59.3 Å². The number of aliphatic carboxylic acids is 1. The van der Waals surface area contributed by atoms with E-state index in [2.05, 4.69) is 6.92 Å². The van der Waals surface area contributed by atoms with Crippen molar-refractivity contribution in [1.82, 2.24) is 4.98 Å². The largest absolute Gasteiger partial charge is 0.491 e. The number of aromatic nitrogens is 1. The second kappa shape index (κ2) is 23.2. The quantitative estimate of drug-likeness (QED) is 0.0506. The molecule has 1 heterocycles. The van der Waals surface area contributed by atoms with Crippen LogP contribution in [0.1, 0.15) is 79.7 Å². The van der Waals surface area contributed by atoms with Crippen LogP contribution in [0.25, 0.3) is 22.3 Å². The van der Waals surface area contributed by atoms with E-state index in [1.165, 1.54) is 4.90 Å². The second-order valence-electron chi connectivity index (χ2n) is 15.8. The van der Waals surface area contributed by atoms with E-state index in [0.29, 0.717) is 82.5 Å². The summed E-state index contributed by atoms with van der Waals surface area (Å²) in [7, 11) is 0. The molecule has 0 radical (unpaired) electrons. The number of allylic oxidation sites excluding steroid dienone is 1. The van der Waals surface area contributed by atoms with E-state index in [-0.39, 0.29) is 13.0 Å². The van der Waals surface area contributed by atoms with Crippen molar-refractivity contribution in [2.75, 3.05) is 71.2 Å². The molecule has 2 aromatic carbocycles. The summed E-state index contributed by atoms with van der Waals surface area (Å²) in [6.45, 7) is 16.3. The number of benzene rings is 2. The molecule has 1 aliphatic carbocycles. The molecule has 0 bridgehead atoms. The van der Waals surface area contributed by atoms with Gasteiger partial charge >= 0.3 is 12.1 Å². The molecule has 0 spiro atoms. The van der Waals surface area contributed by atoms with Gasteiger partial charge in [0, 0.05) is 17.3 Å². The molecule has 1 amide bonds. The zero-order valence-electron chi connectivity index (χ0n) is 35.7. The standard InChI is InChI=1S/C45H62N2O12/c1-8-37-38(32-12-16-35(17-13-32)56-29-28-55-27-26-54-25-24-53-23-22-52-21-20-39(49)50)30-46-41(40(37)33-14-18-36(19-15-33)57-31-48)47(43(51)59-45(5,6)7)42(34-10-9-11-34)58-44(2,3)4/h12-19,30,48H,8-11,20-29,31H2,1-7H3,(H,49,50). The van der Waals surface area contributed by atoms with Crippen LogP contribution in [0.2, 0.25) is 0 Å². The number of nitrogens with zero attached hydrogens (tertiary/aromatic N) is 2. The van der Waals surface area contributed by atoms with Crippen LogP contribution >= 0.6 is 0 Å². The zero-order chi connectivity index (χ0) is 42.8. The highest BCUT2D eigenvalue weighted by Gasteiger charge is 2.36. The van der Waals surface area contributed by atoms with E-state index >= 15 is 0 Å². The summed E-state index contributed by atoms with van der Waals surface area (Å²) in [5.74, 6) is 1.14. The highest BCUT2D eigenvalue weighted by molar-refractivity contribution is 5.97. The third-order valence-corrected chi connectivity index (χ3v) is 8.79. The molecular weight excluding hydrogens is 760 g/mol. The lowest BCUT2D eigenvalue weighted by Crippen LogP contribution is -2.41. The van der Waals surface area contributed by atoms with Gasteiger partial charge in [0.25, 0.3) is 0 Å². The van der Waals surface area contributed by atoms with E-state index in [1.807, 2.05) is 77.9 Å². The fourth-order valence-electron chi connectivity index (χ4n) is 6.00. The number of amides is 1. The Balaban J connectivity index is 1.50. The van der Waals surface area contributed by atoms with Crippen molar-refractivity contribution < 1.29 is 57.7 Å². The molecule has 1 fully saturated rings. The Bertz CT molecular complexity index is 1790. The van der Waals surface area contributed by atoms with E-state index in [1.54, 1.807) is 18.3 Å². The minimum absolute atomic E-state index is 0.0232. The number of hydrogen-bond donors (Lipinski definition) is 2. The molecule has 0 atom stereocenters. The first-order chi connectivity index (χ1) is 28.2. The number of carboxylic acids is 1. The first-order valence-corrected chi connectivity index (χ1v) is 20.3. The van der Waals surface area contributed by atoms with Gasteiger partial charge in [-0.05, 0) is 114 Å². The number of carbonyl (C=O) groups is 2. The summed E-state index contributed by atoms with van der Waals surface area (Å²) in [6.07, 6.45) is 4.40. The maximum Gasteiger partial charge on any atom is 0.423 e. The van der Waals surface area contributed by atoms with Crippen LogP contribution in [0.3, 0.4) is 0 Å². The second-order valence-corrected chi connectivity index (χ2v) is 15.8. The molecule has 4 rings (SSSR count). The van der Waals surface area contributed by atoms with Crippen molar-refractivity contribution in [2.45, 2.75) is 91.8 Å². The first kappa shape index (κ1) is 47.0. The topological polar surface area (TPSA) is 165 Å². The molecule has 1 aromatic heterocycles. The maximum atomic E-state index is 14.4. The fourth-order valence-corrected chi connectivity index (χ4v) is 6.00. The van der Waals surface area contributed by atoms with Crippen molar-refractivity contribution in [3.8, 4) is 33.8 Å². The van der Waals surface area contributed by atoms with Crippen molar-refractivity contribution in [1.29, 1.82) is 0 Å². The van der Waals surface area contributed by atoms with Gasteiger partial charge in [-0.3, -0.25) is 4.79 Å². The van der Waals surface area contributed by atoms with Crippen LogP contribution in [0.5, 0.6) is 11.5 Å². The van der Waals surface area contributed by atoms with Crippen molar-refractivity contribution in [3.05, 3.63) is 71.7 Å². The number of rotatable bonds is 24. The Morgan fingerprint density at radius 2 is 1.20 bits per heavy atom. The Morgan fingerprint density at radius 1 is 0.695 bits per heavy atom. The number of ether oxygens (including phenoxy) is 8. The number of anilines is 1. The maximum absolute atomic E-state index is 14.4. The van der Waals surface area contributed by atoms with E-state index in [9.17, 15) is 14.7 Å². The Hall–Kier alpha value is -4.73. The minimum atomic E-state index is -0.888. The Morgan fingerprint density at radius 3 is 1.68 bits per heavy atom. The van der Waals surface area contributed by atoms with Crippen LogP contribution in [0.15, 0.2) is 66.2 Å². The molecule has 14 heteroatoms. The fraction of sp³-hybridized carbons (Fsp3) is 0.533. The van der Waals surface area contributed by atoms with Gasteiger partial charge in [-0.25, -0.2) is 9.78 Å². The molecule has 1 saturated carbocycles. The van der Waals surface area contributed by atoms with Crippen molar-refractivity contribution in [3.63, 3.8) is 0 Å². The van der Waals surface area contributed by atoms with Crippen LogP contribution < -0.4 is 14.4 Å². The van der Waals surface area contributed by atoms with Gasteiger partial charge in [0.15, 0.2) is 12.6 Å². The molecular formula is C45H62N2O12. The molecule has 14 nitrogen and oxygen atoms in total. The van der Waals surface area contributed by atoms with Gasteiger partial charge in [-0.2, -0.15) is 4.90 Å². The number of carboxylic acid groups (broad SMARTS) is 1. The van der Waals surface area contributed by atoms with Gasteiger partial charge in [-0.1, -0.05) is 31.2 Å². The predicted molar refractivity (Wildman–Crippen MR) is 224 cm³/mol. The highest BCUT2D eigenvalue weighted by Crippen LogP contribution is 2.43. The summed E-state index contributed by atoms with van der Waals surface area (Å²) < 4.78 is 45.7. The Labute approximate surface area is 348 Å². The normalized spacial score (nSPS) is 12.8. The van der Waals surface area contributed by atoms with E-state index in [0.717, 1.165) is 52.7 Å². The molecule has 324 valence electrons. The van der Waals surface area contributed by atoms with Crippen LogP contribution in [-0.4, -0.2) is 105 Å². The zero-order valence-corrected chi connectivity index (χ0v) is 35.7.